The fourth-order valence-electron chi connectivity index (χ4n) is 2.29. The third-order valence-corrected chi connectivity index (χ3v) is 3.27. The van der Waals surface area contributed by atoms with Gasteiger partial charge < -0.3 is 10.2 Å². The van der Waals surface area contributed by atoms with E-state index in [-0.39, 0.29) is 5.60 Å². The first kappa shape index (κ1) is 11.2. The molecule has 1 fully saturated rings. The number of hydrogen-bond acceptors (Lipinski definition) is 4. The van der Waals surface area contributed by atoms with Crippen LogP contribution in [0.4, 0.5) is 0 Å². The van der Waals surface area contributed by atoms with Gasteiger partial charge >= 0.3 is 0 Å². The van der Waals surface area contributed by atoms with Gasteiger partial charge in [0.15, 0.2) is 5.60 Å². The SMILES string of the molecule is Cc1cccc(C#CC2=NOC3(CCNC3)C2)n1. The van der Waals surface area contributed by atoms with Crippen LogP contribution in [0.15, 0.2) is 23.4 Å². The van der Waals surface area contributed by atoms with Crippen LogP contribution in [0.1, 0.15) is 24.2 Å². The van der Waals surface area contributed by atoms with Gasteiger partial charge in [0.2, 0.25) is 0 Å². The molecule has 4 heteroatoms. The maximum atomic E-state index is 5.53. The van der Waals surface area contributed by atoms with Crippen LogP contribution < -0.4 is 5.32 Å². The average Bonchev–Trinajstić information content (AvgIpc) is 2.98. The molecule has 0 radical (unpaired) electrons. The fourth-order valence-corrected chi connectivity index (χ4v) is 2.29. The Morgan fingerprint density at radius 1 is 1.39 bits per heavy atom. The Labute approximate surface area is 106 Å². The zero-order valence-corrected chi connectivity index (χ0v) is 10.4. The fraction of sp³-hybridized carbons (Fsp3) is 0.429. The molecule has 1 spiro atoms. The quantitative estimate of drug-likeness (QED) is 0.695. The van der Waals surface area contributed by atoms with Crippen molar-refractivity contribution < 1.29 is 4.84 Å². The maximum Gasteiger partial charge on any atom is 0.157 e. The maximum absolute atomic E-state index is 5.53. The summed E-state index contributed by atoms with van der Waals surface area (Å²) in [6.45, 7) is 3.82. The van der Waals surface area contributed by atoms with E-state index in [1.54, 1.807) is 0 Å². The second-order valence-corrected chi connectivity index (χ2v) is 4.83. The Morgan fingerprint density at radius 2 is 2.33 bits per heavy atom. The molecule has 1 aromatic rings. The minimum atomic E-state index is -0.135. The monoisotopic (exact) mass is 241 g/mol. The van der Waals surface area contributed by atoms with Crippen molar-refractivity contribution in [1.82, 2.24) is 10.3 Å². The first-order chi connectivity index (χ1) is 8.76. The highest BCUT2D eigenvalue weighted by Gasteiger charge is 2.41. The normalized spacial score (nSPS) is 25.5. The molecule has 0 saturated carbocycles. The van der Waals surface area contributed by atoms with Crippen molar-refractivity contribution in [1.29, 1.82) is 0 Å². The number of nitrogens with zero attached hydrogens (tertiary/aromatic N) is 2. The molecule has 1 unspecified atom stereocenters. The Balaban J connectivity index is 1.71. The predicted octanol–water partition coefficient (Wildman–Crippen LogP) is 1.25. The van der Waals surface area contributed by atoms with E-state index >= 15 is 0 Å². The van der Waals surface area contributed by atoms with Gasteiger partial charge in [0, 0.05) is 25.1 Å². The van der Waals surface area contributed by atoms with E-state index in [0.717, 1.165) is 43.0 Å². The number of oxime groups is 1. The minimum Gasteiger partial charge on any atom is -0.387 e. The topological polar surface area (TPSA) is 46.5 Å². The summed E-state index contributed by atoms with van der Waals surface area (Å²) in [5.74, 6) is 6.10. The van der Waals surface area contributed by atoms with Crippen molar-refractivity contribution in [2.45, 2.75) is 25.4 Å². The number of aryl methyl sites for hydroxylation is 1. The summed E-state index contributed by atoms with van der Waals surface area (Å²) in [6.07, 6.45) is 1.81. The van der Waals surface area contributed by atoms with Crippen molar-refractivity contribution in [2.24, 2.45) is 5.16 Å². The zero-order valence-electron chi connectivity index (χ0n) is 10.4. The Morgan fingerprint density at radius 3 is 3.11 bits per heavy atom. The molecular weight excluding hydrogens is 226 g/mol. The molecule has 18 heavy (non-hydrogen) atoms. The summed E-state index contributed by atoms with van der Waals surface area (Å²) in [4.78, 5) is 9.87. The molecule has 1 aromatic heterocycles. The smallest absolute Gasteiger partial charge is 0.157 e. The van der Waals surface area contributed by atoms with Gasteiger partial charge in [-0.25, -0.2) is 4.98 Å². The van der Waals surface area contributed by atoms with E-state index in [0.29, 0.717) is 0 Å². The van der Waals surface area contributed by atoms with E-state index in [1.165, 1.54) is 0 Å². The van der Waals surface area contributed by atoms with Gasteiger partial charge in [0.1, 0.15) is 11.4 Å². The molecule has 2 aliphatic rings. The molecule has 0 bridgehead atoms. The lowest BCUT2D eigenvalue weighted by Crippen LogP contribution is -2.31. The van der Waals surface area contributed by atoms with Crippen LogP contribution in [0.2, 0.25) is 0 Å². The van der Waals surface area contributed by atoms with E-state index in [1.807, 2.05) is 25.1 Å². The summed E-state index contributed by atoms with van der Waals surface area (Å²) in [5, 5.41) is 7.38. The van der Waals surface area contributed by atoms with Crippen LogP contribution in [0, 0.1) is 18.8 Å². The van der Waals surface area contributed by atoms with Crippen LogP contribution in [-0.2, 0) is 4.84 Å². The molecule has 0 aliphatic carbocycles. The van der Waals surface area contributed by atoms with Crippen LogP contribution >= 0.6 is 0 Å². The second kappa shape index (κ2) is 4.43. The first-order valence-electron chi connectivity index (χ1n) is 6.17. The van der Waals surface area contributed by atoms with Crippen LogP contribution in [0.5, 0.6) is 0 Å². The highest BCUT2D eigenvalue weighted by Crippen LogP contribution is 2.29. The highest BCUT2D eigenvalue weighted by molar-refractivity contribution is 6.01. The highest BCUT2D eigenvalue weighted by atomic mass is 16.7. The molecule has 0 amide bonds. The van der Waals surface area contributed by atoms with Crippen LogP contribution in [-0.4, -0.2) is 29.4 Å². The van der Waals surface area contributed by atoms with Crippen molar-refractivity contribution in [2.75, 3.05) is 13.1 Å². The van der Waals surface area contributed by atoms with E-state index in [4.69, 9.17) is 4.84 Å². The van der Waals surface area contributed by atoms with Gasteiger partial charge in [-0.05, 0) is 37.4 Å². The van der Waals surface area contributed by atoms with Crippen molar-refractivity contribution in [3.05, 3.63) is 29.6 Å². The predicted molar refractivity (Wildman–Crippen MR) is 69.2 cm³/mol. The number of nitrogens with one attached hydrogen (secondary N) is 1. The van der Waals surface area contributed by atoms with Gasteiger partial charge in [-0.3, -0.25) is 0 Å². The molecule has 3 heterocycles. The number of rotatable bonds is 0. The van der Waals surface area contributed by atoms with E-state index < -0.39 is 0 Å². The first-order valence-corrected chi connectivity index (χ1v) is 6.17. The lowest BCUT2D eigenvalue weighted by molar-refractivity contribution is -0.00190. The van der Waals surface area contributed by atoms with Gasteiger partial charge in [0.25, 0.3) is 0 Å². The third-order valence-electron chi connectivity index (χ3n) is 3.27. The number of aromatic nitrogens is 1. The third kappa shape index (κ3) is 2.22. The molecule has 2 aliphatic heterocycles. The molecule has 1 N–H and O–H groups in total. The number of pyridine rings is 1. The lowest BCUT2D eigenvalue weighted by atomic mass is 9.97. The van der Waals surface area contributed by atoms with Crippen LogP contribution in [0.25, 0.3) is 0 Å². The molecule has 1 atom stereocenters. The molecule has 0 aromatic carbocycles. The summed E-state index contributed by atoms with van der Waals surface area (Å²) in [5.41, 5.74) is 2.44. The molecule has 1 saturated heterocycles. The largest absolute Gasteiger partial charge is 0.387 e. The second-order valence-electron chi connectivity index (χ2n) is 4.83. The van der Waals surface area contributed by atoms with Gasteiger partial charge in [-0.1, -0.05) is 11.2 Å². The van der Waals surface area contributed by atoms with Crippen LogP contribution in [0.3, 0.4) is 0 Å². The summed E-state index contributed by atoms with van der Waals surface area (Å²) >= 11 is 0. The molecule has 3 rings (SSSR count). The lowest BCUT2D eigenvalue weighted by Gasteiger charge is -2.17. The summed E-state index contributed by atoms with van der Waals surface area (Å²) in [6, 6.07) is 5.82. The Hall–Kier alpha value is -1.86. The number of hydrogen-bond donors (Lipinski definition) is 1. The van der Waals surface area contributed by atoms with Crippen molar-refractivity contribution in [3.8, 4) is 11.8 Å². The van der Waals surface area contributed by atoms with E-state index in [2.05, 4.69) is 27.3 Å². The molecular formula is C14H15N3O. The van der Waals surface area contributed by atoms with Gasteiger partial charge in [-0.2, -0.15) is 0 Å². The molecule has 92 valence electrons. The van der Waals surface area contributed by atoms with E-state index in [9.17, 15) is 0 Å². The summed E-state index contributed by atoms with van der Waals surface area (Å²) in [7, 11) is 0. The zero-order chi connectivity index (χ0) is 12.4. The minimum absolute atomic E-state index is 0.135. The van der Waals surface area contributed by atoms with Crippen molar-refractivity contribution >= 4 is 5.71 Å². The Kier molecular flexibility index (Phi) is 2.77. The Bertz CT molecular complexity index is 548. The molecule has 4 nitrogen and oxygen atoms in total. The van der Waals surface area contributed by atoms with Gasteiger partial charge in [0.05, 0.1) is 0 Å². The van der Waals surface area contributed by atoms with Crippen molar-refractivity contribution in [3.63, 3.8) is 0 Å². The summed E-state index contributed by atoms with van der Waals surface area (Å²) < 4.78 is 0. The average molecular weight is 241 g/mol. The standard InChI is InChI=1S/C14H15N3O/c1-11-3-2-4-12(16-11)5-6-13-9-14(18-17-13)7-8-15-10-14/h2-4,15H,7-10H2,1H3. The van der Waals surface area contributed by atoms with Gasteiger partial charge in [-0.15, -0.1) is 0 Å².